The van der Waals surface area contributed by atoms with Gasteiger partial charge in [0.25, 0.3) is 5.91 Å². The van der Waals surface area contributed by atoms with Crippen molar-refractivity contribution in [1.82, 2.24) is 30.7 Å². The maximum atomic E-state index is 14.0. The molecular formula is C34H45ClN6O4S. The normalized spacial score (nSPS) is 19.3. The molecule has 2 aliphatic heterocycles. The number of aliphatic hydroxyl groups excluding tert-OH is 1. The molecule has 0 aliphatic carbocycles. The first-order valence-corrected chi connectivity index (χ1v) is 16.5. The Labute approximate surface area is 281 Å². The lowest BCUT2D eigenvalue weighted by Crippen LogP contribution is -2.57. The molecule has 3 atom stereocenters. The van der Waals surface area contributed by atoms with Crippen molar-refractivity contribution in [3.63, 3.8) is 0 Å². The molecule has 0 bridgehead atoms. The van der Waals surface area contributed by atoms with E-state index in [9.17, 15) is 19.5 Å². The van der Waals surface area contributed by atoms with E-state index in [4.69, 9.17) is 0 Å². The quantitative estimate of drug-likeness (QED) is 0.276. The van der Waals surface area contributed by atoms with Crippen LogP contribution in [0.15, 0.2) is 54.0 Å². The third kappa shape index (κ3) is 8.71. The van der Waals surface area contributed by atoms with Crippen LogP contribution in [0.2, 0.25) is 0 Å². The average molecular weight is 669 g/mol. The van der Waals surface area contributed by atoms with Crippen LogP contribution in [0.3, 0.4) is 0 Å². The summed E-state index contributed by atoms with van der Waals surface area (Å²) in [4.78, 5) is 49.9. The largest absolute Gasteiger partial charge is 0.391 e. The molecule has 0 radical (unpaired) electrons. The van der Waals surface area contributed by atoms with Gasteiger partial charge in [-0.25, -0.2) is 4.98 Å². The number of aliphatic hydroxyl groups is 1. The number of carbonyl (C=O) groups is 3. The van der Waals surface area contributed by atoms with E-state index >= 15 is 0 Å². The van der Waals surface area contributed by atoms with E-state index in [1.54, 1.807) is 23.5 Å². The SMILES string of the molecule is Cc1ncsc1-c1ccc(CNC(=O)[C@@H]2C[C@@H](O)CN2C(=O)[C@@H](NC(=O)c2ccc(CN3CCNCC3)cc2)C(C)(C)C)cc1.Cl. The summed E-state index contributed by atoms with van der Waals surface area (Å²) < 4.78 is 0. The number of nitrogens with zero attached hydrogens (tertiary/aromatic N) is 3. The zero-order valence-corrected chi connectivity index (χ0v) is 28.5. The second kappa shape index (κ2) is 15.5. The van der Waals surface area contributed by atoms with E-state index in [0.29, 0.717) is 12.1 Å². The summed E-state index contributed by atoms with van der Waals surface area (Å²) in [6.45, 7) is 12.7. The first-order valence-electron chi connectivity index (χ1n) is 15.6. The van der Waals surface area contributed by atoms with Crippen molar-refractivity contribution in [2.45, 2.75) is 65.4 Å². The van der Waals surface area contributed by atoms with E-state index in [-0.39, 0.29) is 43.1 Å². The lowest BCUT2D eigenvalue weighted by molar-refractivity contribution is -0.142. The Kier molecular flexibility index (Phi) is 12.0. The van der Waals surface area contributed by atoms with Crippen molar-refractivity contribution in [3.05, 3.63) is 76.4 Å². The Morgan fingerprint density at radius 1 is 1.04 bits per heavy atom. The highest BCUT2D eigenvalue weighted by atomic mass is 35.5. The minimum atomic E-state index is -0.895. The van der Waals surface area contributed by atoms with Gasteiger partial charge in [-0.1, -0.05) is 57.2 Å². The number of piperazine rings is 1. The van der Waals surface area contributed by atoms with E-state index in [1.165, 1.54) is 4.90 Å². The minimum Gasteiger partial charge on any atom is -0.391 e. The van der Waals surface area contributed by atoms with Crippen molar-refractivity contribution in [2.24, 2.45) is 5.41 Å². The van der Waals surface area contributed by atoms with Gasteiger partial charge in [0, 0.05) is 57.8 Å². The maximum absolute atomic E-state index is 14.0. The van der Waals surface area contributed by atoms with Crippen molar-refractivity contribution < 1.29 is 19.5 Å². The van der Waals surface area contributed by atoms with E-state index in [2.05, 4.69) is 25.8 Å². The lowest BCUT2D eigenvalue weighted by Gasteiger charge is -2.35. The number of benzene rings is 2. The fourth-order valence-corrected chi connectivity index (χ4v) is 6.70. The Balaban J connectivity index is 0.00000480. The van der Waals surface area contributed by atoms with Crippen LogP contribution in [0.5, 0.6) is 0 Å². The number of hydrogen-bond acceptors (Lipinski definition) is 8. The van der Waals surface area contributed by atoms with Crippen LogP contribution in [0.4, 0.5) is 0 Å². The standard InChI is InChI=1S/C34H44N6O4S.ClH/c1-22-29(45-21-37-22)25-9-5-23(6-10-25)18-36-32(43)28-17-27(41)20-40(28)33(44)30(34(2,3)4)38-31(42)26-11-7-24(8-12-26)19-39-15-13-35-14-16-39;/h5-12,21,27-28,30,35,41H,13-20H2,1-4H3,(H,36,43)(H,38,42);1H/t27-,28+,30-;/m1./s1. The Morgan fingerprint density at radius 2 is 1.70 bits per heavy atom. The Morgan fingerprint density at radius 3 is 2.30 bits per heavy atom. The number of aryl methyl sites for hydroxylation is 1. The summed E-state index contributed by atoms with van der Waals surface area (Å²) in [6, 6.07) is 13.7. The van der Waals surface area contributed by atoms with Crippen LogP contribution < -0.4 is 16.0 Å². The van der Waals surface area contributed by atoms with E-state index in [0.717, 1.165) is 60.0 Å². The second-order valence-electron chi connectivity index (χ2n) is 13.1. The number of carbonyl (C=O) groups excluding carboxylic acids is 3. The Bertz CT molecular complexity index is 1480. The number of hydrogen-bond donors (Lipinski definition) is 4. The van der Waals surface area contributed by atoms with Gasteiger partial charge in [-0.15, -0.1) is 23.7 Å². The molecule has 3 amide bonds. The molecule has 1 aromatic heterocycles. The van der Waals surface area contributed by atoms with Gasteiger partial charge in [0.05, 0.1) is 22.2 Å². The average Bonchev–Trinajstić information content (AvgIpc) is 3.64. The van der Waals surface area contributed by atoms with Gasteiger partial charge in [-0.2, -0.15) is 0 Å². The summed E-state index contributed by atoms with van der Waals surface area (Å²) >= 11 is 1.59. The van der Waals surface area contributed by atoms with Crippen LogP contribution in [0.1, 0.15) is 54.4 Å². The smallest absolute Gasteiger partial charge is 0.251 e. The number of aromatic nitrogens is 1. The zero-order valence-electron chi connectivity index (χ0n) is 26.9. The molecule has 3 heterocycles. The Hall–Kier alpha value is -3.35. The van der Waals surface area contributed by atoms with Crippen molar-refractivity contribution in [1.29, 1.82) is 0 Å². The predicted octanol–water partition coefficient (Wildman–Crippen LogP) is 3.37. The molecule has 4 N–H and O–H groups in total. The topological polar surface area (TPSA) is 127 Å². The van der Waals surface area contributed by atoms with Crippen molar-refractivity contribution in [3.8, 4) is 10.4 Å². The molecule has 2 saturated heterocycles. The van der Waals surface area contributed by atoms with Gasteiger partial charge in [0.15, 0.2) is 0 Å². The van der Waals surface area contributed by atoms with E-state index < -0.39 is 23.6 Å². The molecule has 5 rings (SSSR count). The van der Waals surface area contributed by atoms with Crippen LogP contribution in [0, 0.1) is 12.3 Å². The first-order chi connectivity index (χ1) is 21.5. The molecule has 2 aromatic carbocycles. The van der Waals surface area contributed by atoms with Gasteiger partial charge < -0.3 is 26.0 Å². The monoisotopic (exact) mass is 668 g/mol. The summed E-state index contributed by atoms with van der Waals surface area (Å²) in [5.41, 5.74) is 5.75. The highest BCUT2D eigenvalue weighted by molar-refractivity contribution is 7.13. The van der Waals surface area contributed by atoms with Crippen molar-refractivity contribution >= 4 is 41.5 Å². The van der Waals surface area contributed by atoms with Gasteiger partial charge >= 0.3 is 0 Å². The van der Waals surface area contributed by atoms with E-state index in [1.807, 2.05) is 69.6 Å². The number of nitrogens with one attached hydrogen (secondary N) is 3. The molecule has 12 heteroatoms. The number of likely N-dealkylation sites (tertiary alicyclic amines) is 1. The van der Waals surface area contributed by atoms with Crippen LogP contribution in [-0.4, -0.2) is 88.5 Å². The molecule has 2 fully saturated rings. The summed E-state index contributed by atoms with van der Waals surface area (Å²) in [5, 5.41) is 19.7. The third-order valence-corrected chi connectivity index (χ3v) is 9.49. The third-order valence-electron chi connectivity index (χ3n) is 8.51. The minimum absolute atomic E-state index is 0. The molecule has 0 saturated carbocycles. The number of halogens is 1. The molecule has 0 spiro atoms. The molecular weight excluding hydrogens is 624 g/mol. The molecule has 0 unspecified atom stereocenters. The molecule has 2 aliphatic rings. The number of rotatable bonds is 9. The summed E-state index contributed by atoms with van der Waals surface area (Å²) in [6.07, 6.45) is -0.688. The predicted molar refractivity (Wildman–Crippen MR) is 183 cm³/mol. The highest BCUT2D eigenvalue weighted by Crippen LogP contribution is 2.28. The van der Waals surface area contributed by atoms with Crippen LogP contribution in [0.25, 0.3) is 10.4 Å². The van der Waals surface area contributed by atoms with Gasteiger partial charge in [-0.3, -0.25) is 19.3 Å². The van der Waals surface area contributed by atoms with Gasteiger partial charge in [-0.05, 0) is 41.2 Å². The zero-order chi connectivity index (χ0) is 32.1. The molecule has 3 aromatic rings. The highest BCUT2D eigenvalue weighted by Gasteiger charge is 2.44. The number of thiazole rings is 1. The fraction of sp³-hybridized carbons (Fsp3) is 0.471. The number of amides is 3. The molecule has 46 heavy (non-hydrogen) atoms. The molecule has 248 valence electrons. The first kappa shape index (κ1) is 35.5. The van der Waals surface area contributed by atoms with Crippen molar-refractivity contribution in [2.75, 3.05) is 32.7 Å². The molecule has 10 nitrogen and oxygen atoms in total. The summed E-state index contributed by atoms with van der Waals surface area (Å²) in [5.74, 6) is -1.07. The fourth-order valence-electron chi connectivity index (χ4n) is 5.88. The van der Waals surface area contributed by atoms with Gasteiger partial charge in [0.1, 0.15) is 12.1 Å². The van der Waals surface area contributed by atoms with Gasteiger partial charge in [0.2, 0.25) is 11.8 Å². The maximum Gasteiger partial charge on any atom is 0.251 e. The second-order valence-corrected chi connectivity index (χ2v) is 13.9. The van der Waals surface area contributed by atoms with Crippen LogP contribution in [-0.2, 0) is 22.7 Å². The summed E-state index contributed by atoms with van der Waals surface area (Å²) in [7, 11) is 0. The number of β-amino-alcohol motifs (C(OH)–C–C–N with tert-alkyl or cyclic N) is 1. The lowest BCUT2D eigenvalue weighted by atomic mass is 9.85. The van der Waals surface area contributed by atoms with Crippen LogP contribution >= 0.6 is 23.7 Å².